The van der Waals surface area contributed by atoms with E-state index in [1.54, 1.807) is 18.5 Å². The van der Waals surface area contributed by atoms with Crippen LogP contribution < -0.4 is 16.0 Å². The molecule has 9 heteroatoms. The van der Waals surface area contributed by atoms with Gasteiger partial charge in [-0.3, -0.25) is 19.5 Å². The molecule has 44 heavy (non-hydrogen) atoms. The summed E-state index contributed by atoms with van der Waals surface area (Å²) < 4.78 is 0. The fraction of sp³-hybridized carbons (Fsp3) is 0.371. The minimum absolute atomic E-state index is 0.0548. The number of amides is 2. The highest BCUT2D eigenvalue weighted by atomic mass is 16.2. The number of nitrogens with one attached hydrogen (secondary N) is 3. The molecule has 3 N–H and O–H groups in total. The van der Waals surface area contributed by atoms with Crippen LogP contribution in [0, 0.1) is 0 Å². The van der Waals surface area contributed by atoms with E-state index in [1.165, 1.54) is 5.57 Å². The Balaban J connectivity index is 1.34. The lowest BCUT2D eigenvalue weighted by Crippen LogP contribution is -2.47. The van der Waals surface area contributed by atoms with Crippen molar-refractivity contribution >= 4 is 29.0 Å². The number of piperidine rings is 1. The molecule has 4 rings (SSSR count). The summed E-state index contributed by atoms with van der Waals surface area (Å²) >= 11 is 0. The Hall–Kier alpha value is -4.34. The number of likely N-dealkylation sites (N-methyl/N-ethyl adjacent to an activating group) is 1. The first kappa shape index (κ1) is 32.6. The largest absolute Gasteiger partial charge is 0.349 e. The maximum Gasteiger partial charge on any atom is 0.274 e. The Morgan fingerprint density at radius 1 is 1.23 bits per heavy atom. The second kappa shape index (κ2) is 15.9. The van der Waals surface area contributed by atoms with E-state index in [1.807, 2.05) is 61.5 Å². The number of allylic oxidation sites excluding steroid dienone is 1. The molecular weight excluding hydrogens is 550 g/mol. The molecule has 1 unspecified atom stereocenters. The van der Waals surface area contributed by atoms with E-state index >= 15 is 0 Å². The number of nitrogens with zero attached hydrogens (tertiary/aromatic N) is 4. The summed E-state index contributed by atoms with van der Waals surface area (Å²) in [7, 11) is 3.94. The first-order chi connectivity index (χ1) is 21.2. The number of rotatable bonds is 12. The van der Waals surface area contributed by atoms with Gasteiger partial charge in [-0.15, -0.1) is 0 Å². The minimum atomic E-state index is -0.257. The van der Waals surface area contributed by atoms with Gasteiger partial charge in [-0.05, 0) is 88.3 Å². The van der Waals surface area contributed by atoms with Crippen molar-refractivity contribution in [1.29, 1.82) is 0 Å². The smallest absolute Gasteiger partial charge is 0.274 e. The number of aliphatic imine (C=N–C) groups is 1. The lowest BCUT2D eigenvalue weighted by molar-refractivity contribution is -0.117. The second-order valence-corrected chi connectivity index (χ2v) is 11.6. The monoisotopic (exact) mass is 595 g/mol. The van der Waals surface area contributed by atoms with Gasteiger partial charge < -0.3 is 20.9 Å². The summed E-state index contributed by atoms with van der Waals surface area (Å²) in [6.07, 6.45) is 12.9. The summed E-state index contributed by atoms with van der Waals surface area (Å²) in [5.41, 5.74) is 6.41. The zero-order valence-corrected chi connectivity index (χ0v) is 26.4. The number of anilines is 1. The molecule has 2 aliphatic heterocycles. The summed E-state index contributed by atoms with van der Waals surface area (Å²) in [5, 5.41) is 9.50. The number of aromatic nitrogens is 1. The molecule has 2 aromatic rings. The van der Waals surface area contributed by atoms with Crippen LogP contribution in [0.1, 0.15) is 61.1 Å². The molecule has 2 aliphatic rings. The molecular formula is C35H45N7O2. The third-order valence-corrected chi connectivity index (χ3v) is 7.61. The standard InChI is InChI=1S/C35H45N7O2/c1-6-10-25(3)30-22-31(40-34(30)36-7-2)27-13-15-28(16-14-27)39-35(44)32-21-26(17-18-37-32)23-42-20-8-11-29(24-42)38-33(43)12-9-19-41(4)5/h7,9,12-18,21-22,29H,2,6,8,10-11,19-20,23-24H2,1,3-5H3,(H,36,40)(H,38,43)(H,39,44)/b12-9+,30-25-. The maximum atomic E-state index is 13.1. The highest BCUT2D eigenvalue weighted by Gasteiger charge is 2.22. The van der Waals surface area contributed by atoms with Crippen LogP contribution in [0.3, 0.4) is 0 Å². The number of benzene rings is 1. The molecule has 0 saturated carbocycles. The Kier molecular flexibility index (Phi) is 11.8. The van der Waals surface area contributed by atoms with Gasteiger partial charge in [0.25, 0.3) is 5.91 Å². The van der Waals surface area contributed by atoms with Crippen molar-refractivity contribution in [1.82, 2.24) is 25.4 Å². The van der Waals surface area contributed by atoms with Crippen molar-refractivity contribution in [3.05, 3.63) is 102 Å². The quantitative estimate of drug-likeness (QED) is 0.294. The zero-order chi connectivity index (χ0) is 31.5. The van der Waals surface area contributed by atoms with Gasteiger partial charge >= 0.3 is 0 Å². The number of amidine groups is 1. The zero-order valence-electron chi connectivity index (χ0n) is 26.4. The van der Waals surface area contributed by atoms with E-state index in [0.717, 1.165) is 73.6 Å². The first-order valence-electron chi connectivity index (χ1n) is 15.3. The number of carbonyl (C=O) groups is 2. The molecule has 0 spiro atoms. The highest BCUT2D eigenvalue weighted by Crippen LogP contribution is 2.26. The molecule has 1 aromatic heterocycles. The first-order valence-corrected chi connectivity index (χ1v) is 15.3. The van der Waals surface area contributed by atoms with Gasteiger partial charge in [0, 0.05) is 61.1 Å². The van der Waals surface area contributed by atoms with E-state index in [-0.39, 0.29) is 17.9 Å². The van der Waals surface area contributed by atoms with Gasteiger partial charge in [-0.25, -0.2) is 4.99 Å². The van der Waals surface area contributed by atoms with E-state index < -0.39 is 0 Å². The fourth-order valence-corrected chi connectivity index (χ4v) is 5.45. The normalized spacial score (nSPS) is 19.2. The number of hydrogen-bond donors (Lipinski definition) is 3. The summed E-state index contributed by atoms with van der Waals surface area (Å²) in [6, 6.07) is 11.6. The van der Waals surface area contributed by atoms with Gasteiger partial charge in [-0.2, -0.15) is 0 Å². The third-order valence-electron chi connectivity index (χ3n) is 7.61. The predicted molar refractivity (Wildman–Crippen MR) is 179 cm³/mol. The molecule has 1 fully saturated rings. The Bertz CT molecular complexity index is 1450. The van der Waals surface area contributed by atoms with Crippen molar-refractivity contribution in [3.8, 4) is 0 Å². The average molecular weight is 596 g/mol. The molecule has 0 aliphatic carbocycles. The van der Waals surface area contributed by atoms with Crippen LogP contribution >= 0.6 is 0 Å². The fourth-order valence-electron chi connectivity index (χ4n) is 5.45. The molecule has 1 aromatic carbocycles. The lowest BCUT2D eigenvalue weighted by Gasteiger charge is -2.33. The average Bonchev–Trinajstić information content (AvgIpc) is 3.42. The van der Waals surface area contributed by atoms with Crippen LogP contribution in [0.25, 0.3) is 5.70 Å². The summed E-state index contributed by atoms with van der Waals surface area (Å²) in [4.78, 5) is 38.5. The maximum absolute atomic E-state index is 13.1. The minimum Gasteiger partial charge on any atom is -0.349 e. The molecule has 232 valence electrons. The van der Waals surface area contributed by atoms with Gasteiger partial charge in [-0.1, -0.05) is 43.7 Å². The predicted octanol–water partition coefficient (Wildman–Crippen LogP) is 5.14. The number of carbonyl (C=O) groups excluding carboxylic acids is 2. The molecule has 2 amide bonds. The highest BCUT2D eigenvalue weighted by molar-refractivity contribution is 6.12. The van der Waals surface area contributed by atoms with Gasteiger partial charge in [0.1, 0.15) is 11.5 Å². The van der Waals surface area contributed by atoms with Crippen molar-refractivity contribution < 1.29 is 9.59 Å². The Labute approximate surface area is 261 Å². The molecule has 9 nitrogen and oxygen atoms in total. The van der Waals surface area contributed by atoms with Crippen LogP contribution in [-0.2, 0) is 11.3 Å². The summed E-state index contributed by atoms with van der Waals surface area (Å²) in [6.45, 7) is 11.2. The van der Waals surface area contributed by atoms with Crippen LogP contribution in [0.15, 0.2) is 89.7 Å². The molecule has 1 saturated heterocycles. The van der Waals surface area contributed by atoms with Crippen molar-refractivity contribution in [2.75, 3.05) is 39.0 Å². The molecule has 3 heterocycles. The number of likely N-dealkylation sites (tertiary alicyclic amines) is 1. The van der Waals surface area contributed by atoms with E-state index in [2.05, 4.69) is 57.3 Å². The van der Waals surface area contributed by atoms with Gasteiger partial charge in [0.2, 0.25) is 5.91 Å². The van der Waals surface area contributed by atoms with Crippen LogP contribution in [0.5, 0.6) is 0 Å². The van der Waals surface area contributed by atoms with Crippen LogP contribution in [0.4, 0.5) is 5.69 Å². The molecule has 0 radical (unpaired) electrons. The van der Waals surface area contributed by atoms with Gasteiger partial charge in [0.05, 0.1) is 0 Å². The second-order valence-electron chi connectivity index (χ2n) is 11.6. The topological polar surface area (TPSA) is 102 Å². The summed E-state index contributed by atoms with van der Waals surface area (Å²) in [5.74, 6) is 0.495. The lowest BCUT2D eigenvalue weighted by atomic mass is 10.0. The van der Waals surface area contributed by atoms with Crippen molar-refractivity contribution in [2.24, 2.45) is 4.99 Å². The SMILES string of the molecule is C=CN=C1NC(c2ccc(NC(=O)c3cc(CN4CCCC(NC(=O)/C=C/CN(C)C)C4)ccn3)cc2)=C/C1=C(\C)CCC. The number of hydrogen-bond acceptors (Lipinski definition) is 6. The van der Waals surface area contributed by atoms with Gasteiger partial charge in [0.15, 0.2) is 0 Å². The van der Waals surface area contributed by atoms with Crippen molar-refractivity contribution in [3.63, 3.8) is 0 Å². The molecule has 1 atom stereocenters. The van der Waals surface area contributed by atoms with E-state index in [9.17, 15) is 9.59 Å². The van der Waals surface area contributed by atoms with E-state index in [0.29, 0.717) is 17.9 Å². The van der Waals surface area contributed by atoms with E-state index in [4.69, 9.17) is 0 Å². The number of pyridine rings is 1. The van der Waals surface area contributed by atoms with Crippen molar-refractivity contribution in [2.45, 2.75) is 52.1 Å². The Morgan fingerprint density at radius 2 is 2.02 bits per heavy atom. The third kappa shape index (κ3) is 9.33. The Morgan fingerprint density at radius 3 is 2.75 bits per heavy atom. The van der Waals surface area contributed by atoms with Crippen LogP contribution in [0.2, 0.25) is 0 Å². The van der Waals surface area contributed by atoms with Crippen LogP contribution in [-0.4, -0.2) is 72.2 Å². The molecule has 0 bridgehead atoms.